The van der Waals surface area contributed by atoms with E-state index in [0.29, 0.717) is 31.0 Å². The molecule has 0 atom stereocenters. The Morgan fingerprint density at radius 1 is 1.03 bits per heavy atom. The highest BCUT2D eigenvalue weighted by molar-refractivity contribution is 5.80. The molecule has 0 spiro atoms. The molecule has 150 valence electrons. The topological polar surface area (TPSA) is 99.2 Å². The lowest BCUT2D eigenvalue weighted by atomic mass is 10.3. The van der Waals surface area contributed by atoms with Crippen molar-refractivity contribution in [3.05, 3.63) is 77.2 Å². The average Bonchev–Trinajstić information content (AvgIpc) is 3.44. The van der Waals surface area contributed by atoms with Gasteiger partial charge in [-0.3, -0.25) is 9.13 Å². The maximum absolute atomic E-state index is 13.2. The lowest BCUT2D eigenvalue weighted by Gasteiger charge is -2.09. The first kappa shape index (κ1) is 18.0. The molecule has 2 aromatic carbocycles. The van der Waals surface area contributed by atoms with Crippen molar-refractivity contribution in [2.75, 3.05) is 0 Å². The minimum absolute atomic E-state index is 0.125. The van der Waals surface area contributed by atoms with Crippen molar-refractivity contribution >= 4 is 27.8 Å². The molecule has 3 aromatic heterocycles. The number of benzene rings is 2. The number of hydrogen-bond acceptors (Lipinski definition) is 5. The predicted molar refractivity (Wildman–Crippen MR) is 114 cm³/mol. The van der Waals surface area contributed by atoms with Crippen molar-refractivity contribution in [2.45, 2.75) is 26.4 Å². The maximum Gasteiger partial charge on any atom is 0.333 e. The summed E-state index contributed by atoms with van der Waals surface area (Å²) < 4.78 is 5.50. The number of nitrogens with one attached hydrogen (secondary N) is 1. The van der Waals surface area contributed by atoms with Gasteiger partial charge in [-0.05, 0) is 31.2 Å². The van der Waals surface area contributed by atoms with E-state index >= 15 is 0 Å². The van der Waals surface area contributed by atoms with E-state index in [9.17, 15) is 4.79 Å². The number of aryl methyl sites for hydroxylation is 2. The lowest BCUT2D eigenvalue weighted by Crippen LogP contribution is -2.25. The van der Waals surface area contributed by atoms with E-state index < -0.39 is 0 Å². The van der Waals surface area contributed by atoms with Crippen LogP contribution >= 0.6 is 0 Å². The second-order valence-corrected chi connectivity index (χ2v) is 7.17. The van der Waals surface area contributed by atoms with Gasteiger partial charge in [0.2, 0.25) is 0 Å². The van der Waals surface area contributed by atoms with Gasteiger partial charge >= 0.3 is 5.69 Å². The van der Waals surface area contributed by atoms with E-state index in [2.05, 4.69) is 31.8 Å². The zero-order chi connectivity index (χ0) is 20.7. The second-order valence-electron chi connectivity index (χ2n) is 7.17. The van der Waals surface area contributed by atoms with E-state index in [1.165, 1.54) is 0 Å². The van der Waals surface area contributed by atoms with Gasteiger partial charge in [-0.1, -0.05) is 36.1 Å². The van der Waals surface area contributed by atoms with Crippen LogP contribution in [0.3, 0.4) is 0 Å². The summed E-state index contributed by atoms with van der Waals surface area (Å²) in [7, 11) is 0. The number of H-pyrrole nitrogens is 1. The van der Waals surface area contributed by atoms with Crippen LogP contribution in [0.5, 0.6) is 0 Å². The van der Waals surface area contributed by atoms with Gasteiger partial charge < -0.3 is 4.57 Å². The van der Waals surface area contributed by atoms with Crippen LogP contribution in [0.1, 0.15) is 18.6 Å². The van der Waals surface area contributed by atoms with Gasteiger partial charge in [-0.15, -0.1) is 10.2 Å². The SMILES string of the molecule is C=C(C)n1c(=O)n(Cc2nc3ccccc3n2CCc2nn[nH]n2)c2ccccc21. The molecular formula is C21H20N8O. The van der Waals surface area contributed by atoms with Crippen LogP contribution in [0.4, 0.5) is 0 Å². The van der Waals surface area contributed by atoms with Crippen LogP contribution in [0.15, 0.2) is 59.9 Å². The van der Waals surface area contributed by atoms with Gasteiger partial charge in [-0.2, -0.15) is 5.21 Å². The molecule has 0 aliphatic heterocycles. The summed E-state index contributed by atoms with van der Waals surface area (Å²) in [6.07, 6.45) is 0.603. The second kappa shape index (κ2) is 7.11. The van der Waals surface area contributed by atoms with E-state index in [4.69, 9.17) is 4.98 Å². The number of allylic oxidation sites excluding steroid dienone is 1. The van der Waals surface area contributed by atoms with Crippen molar-refractivity contribution in [2.24, 2.45) is 0 Å². The zero-order valence-corrected chi connectivity index (χ0v) is 16.5. The molecule has 0 radical (unpaired) electrons. The van der Waals surface area contributed by atoms with Gasteiger partial charge in [0.1, 0.15) is 5.82 Å². The number of imidazole rings is 2. The number of para-hydroxylation sites is 4. The summed E-state index contributed by atoms with van der Waals surface area (Å²) in [6.45, 7) is 6.78. The van der Waals surface area contributed by atoms with Crippen LogP contribution in [0.25, 0.3) is 27.8 Å². The molecule has 0 fully saturated rings. The summed E-state index contributed by atoms with van der Waals surface area (Å²) in [4.78, 5) is 18.0. The average molecular weight is 400 g/mol. The fourth-order valence-corrected chi connectivity index (χ4v) is 3.87. The monoisotopic (exact) mass is 400 g/mol. The molecule has 0 bridgehead atoms. The Morgan fingerprint density at radius 2 is 1.77 bits per heavy atom. The fourth-order valence-electron chi connectivity index (χ4n) is 3.87. The Bertz CT molecular complexity index is 1420. The molecule has 0 saturated carbocycles. The number of rotatable bonds is 6. The molecule has 0 aliphatic rings. The summed E-state index contributed by atoms with van der Waals surface area (Å²) in [6, 6.07) is 15.7. The molecule has 30 heavy (non-hydrogen) atoms. The van der Waals surface area contributed by atoms with E-state index in [1.54, 1.807) is 9.13 Å². The first-order valence-corrected chi connectivity index (χ1v) is 9.66. The third-order valence-electron chi connectivity index (χ3n) is 5.20. The summed E-state index contributed by atoms with van der Waals surface area (Å²) in [5, 5.41) is 14.2. The molecule has 0 saturated heterocycles. The van der Waals surface area contributed by atoms with Gasteiger partial charge in [0.25, 0.3) is 0 Å². The first-order valence-electron chi connectivity index (χ1n) is 9.66. The van der Waals surface area contributed by atoms with E-state index in [-0.39, 0.29) is 5.69 Å². The predicted octanol–water partition coefficient (Wildman–Crippen LogP) is 2.45. The Labute approximate surface area is 171 Å². The van der Waals surface area contributed by atoms with Crippen LogP contribution in [-0.4, -0.2) is 39.3 Å². The Morgan fingerprint density at radius 3 is 2.50 bits per heavy atom. The number of aromatic nitrogens is 8. The fraction of sp³-hybridized carbons (Fsp3) is 0.190. The quantitative estimate of drug-likeness (QED) is 0.472. The highest BCUT2D eigenvalue weighted by Gasteiger charge is 2.17. The van der Waals surface area contributed by atoms with Crippen molar-refractivity contribution in [3.8, 4) is 0 Å². The normalized spacial score (nSPS) is 11.5. The smallest absolute Gasteiger partial charge is 0.326 e. The summed E-state index contributed by atoms with van der Waals surface area (Å²) >= 11 is 0. The maximum atomic E-state index is 13.2. The van der Waals surface area contributed by atoms with E-state index in [0.717, 1.165) is 27.9 Å². The minimum atomic E-state index is -0.125. The Hall–Kier alpha value is -4.01. The number of hydrogen-bond donors (Lipinski definition) is 1. The van der Waals surface area contributed by atoms with E-state index in [1.807, 2.05) is 55.5 Å². The Balaban J connectivity index is 1.63. The molecule has 9 heteroatoms. The van der Waals surface area contributed by atoms with Gasteiger partial charge in [0.05, 0.1) is 28.6 Å². The standard InChI is InChI=1S/C21H20N8O/c1-14(2)29-18-10-6-5-9-17(18)28(21(29)30)13-20-22-15-7-3-4-8-16(15)27(20)12-11-19-23-25-26-24-19/h3-10H,1,11-13H2,2H3,(H,23,24,25,26). The van der Waals surface area contributed by atoms with Crippen LogP contribution in [-0.2, 0) is 19.5 Å². The van der Waals surface area contributed by atoms with Crippen molar-refractivity contribution in [1.29, 1.82) is 0 Å². The summed E-state index contributed by atoms with van der Waals surface area (Å²) in [5.74, 6) is 1.43. The lowest BCUT2D eigenvalue weighted by molar-refractivity contribution is 0.619. The molecule has 3 heterocycles. The van der Waals surface area contributed by atoms with Gasteiger partial charge in [0, 0.05) is 18.7 Å². The van der Waals surface area contributed by atoms with Crippen LogP contribution < -0.4 is 5.69 Å². The largest absolute Gasteiger partial charge is 0.333 e. The number of fused-ring (bicyclic) bond motifs is 2. The first-order chi connectivity index (χ1) is 14.6. The third-order valence-corrected chi connectivity index (χ3v) is 5.20. The zero-order valence-electron chi connectivity index (χ0n) is 16.5. The molecule has 0 aliphatic carbocycles. The third kappa shape index (κ3) is 2.91. The number of nitrogens with zero attached hydrogens (tertiary/aromatic N) is 7. The molecule has 5 aromatic rings. The Kier molecular flexibility index (Phi) is 4.27. The highest BCUT2D eigenvalue weighted by atomic mass is 16.1. The van der Waals surface area contributed by atoms with Gasteiger partial charge in [-0.25, -0.2) is 9.78 Å². The van der Waals surface area contributed by atoms with Crippen LogP contribution in [0, 0.1) is 0 Å². The molecule has 9 nitrogen and oxygen atoms in total. The van der Waals surface area contributed by atoms with Crippen molar-refractivity contribution in [3.63, 3.8) is 0 Å². The van der Waals surface area contributed by atoms with Crippen molar-refractivity contribution in [1.82, 2.24) is 39.3 Å². The molecular weight excluding hydrogens is 380 g/mol. The van der Waals surface area contributed by atoms with Gasteiger partial charge in [0.15, 0.2) is 5.82 Å². The number of tetrazole rings is 1. The number of aromatic amines is 1. The van der Waals surface area contributed by atoms with Crippen LogP contribution in [0.2, 0.25) is 0 Å². The molecule has 5 rings (SSSR count). The van der Waals surface area contributed by atoms with Crippen molar-refractivity contribution < 1.29 is 0 Å². The summed E-state index contributed by atoms with van der Waals surface area (Å²) in [5.41, 5.74) is 4.14. The molecule has 0 amide bonds. The minimum Gasteiger partial charge on any atom is -0.326 e. The molecule has 1 N–H and O–H groups in total. The highest BCUT2D eigenvalue weighted by Crippen LogP contribution is 2.20. The molecule has 0 unspecified atom stereocenters.